The Bertz CT molecular complexity index is 1260. The molecule has 0 spiro atoms. The lowest BCUT2D eigenvalue weighted by Gasteiger charge is -2.37. The van der Waals surface area contributed by atoms with Crippen LogP contribution in [0.1, 0.15) is 50.7 Å². The summed E-state index contributed by atoms with van der Waals surface area (Å²) in [7, 11) is 0. The van der Waals surface area contributed by atoms with Crippen LogP contribution in [0.5, 0.6) is 5.75 Å². The topological polar surface area (TPSA) is 76.1 Å². The summed E-state index contributed by atoms with van der Waals surface area (Å²) >= 11 is 0. The van der Waals surface area contributed by atoms with Crippen LogP contribution in [0.15, 0.2) is 70.7 Å². The van der Waals surface area contributed by atoms with Crippen LogP contribution in [0, 0.1) is 5.41 Å². The minimum absolute atomic E-state index is 0.0974. The number of nitrogens with one attached hydrogen (secondary N) is 2. The molecule has 0 radical (unpaired) electrons. The van der Waals surface area contributed by atoms with E-state index in [1.54, 1.807) is 4.68 Å². The lowest BCUT2D eigenvalue weighted by atomic mass is 9.69. The van der Waals surface area contributed by atoms with E-state index < -0.39 is 5.92 Å². The number of ether oxygens (including phenoxy) is 1. The predicted octanol–water partition coefficient (Wildman–Crippen LogP) is 4.76. The monoisotopic (exact) mass is 429 g/mol. The number of carbonyl (C=O) groups is 1. The normalized spacial score (nSPS) is 19.2. The smallest absolute Gasteiger partial charge is 0.277 e. The number of nitrogens with zero attached hydrogens (tertiary/aromatic N) is 1. The summed E-state index contributed by atoms with van der Waals surface area (Å²) in [6, 6.07) is 17.2. The first-order valence-electron chi connectivity index (χ1n) is 11.0. The second-order valence-corrected chi connectivity index (χ2v) is 9.27. The van der Waals surface area contributed by atoms with Crippen molar-refractivity contribution in [1.29, 1.82) is 0 Å². The van der Waals surface area contributed by atoms with Crippen LogP contribution >= 0.6 is 0 Å². The Morgan fingerprint density at radius 1 is 1.03 bits per heavy atom. The number of carbonyl (C=O) groups excluding carboxylic acids is 1. The molecule has 5 rings (SSSR count). The number of rotatable bonds is 4. The van der Waals surface area contributed by atoms with E-state index in [9.17, 15) is 9.59 Å². The van der Waals surface area contributed by atoms with Crippen LogP contribution in [-0.4, -0.2) is 22.2 Å². The third kappa shape index (κ3) is 3.36. The zero-order chi connectivity index (χ0) is 22.5. The SMILES string of the molecule is CCOc1ccc(C2C3=C(CC(C)(C)CC3=O)Nc3[nH]n(-c4ccccc4)c(=O)c32)cc1. The Hall–Kier alpha value is -3.54. The molecule has 2 aromatic carbocycles. The van der Waals surface area contributed by atoms with E-state index in [0.717, 1.165) is 29.1 Å². The number of aromatic amines is 1. The van der Waals surface area contributed by atoms with Gasteiger partial charge in [-0.1, -0.05) is 44.2 Å². The van der Waals surface area contributed by atoms with Crippen molar-refractivity contribution >= 4 is 11.6 Å². The molecule has 32 heavy (non-hydrogen) atoms. The highest BCUT2D eigenvalue weighted by atomic mass is 16.5. The van der Waals surface area contributed by atoms with Gasteiger partial charge in [-0.2, -0.15) is 0 Å². The second-order valence-electron chi connectivity index (χ2n) is 9.27. The number of H-pyrrole nitrogens is 1. The standard InChI is InChI=1S/C26H27N3O3/c1-4-32-18-12-10-16(11-13-18)21-22-19(14-26(2,3)15-20(22)30)27-24-23(21)25(31)29(28-24)17-8-6-5-7-9-17/h5-13,21,27-28H,4,14-15H2,1-3H3. The van der Waals surface area contributed by atoms with E-state index in [-0.39, 0.29) is 16.8 Å². The number of benzene rings is 2. The zero-order valence-corrected chi connectivity index (χ0v) is 18.6. The van der Waals surface area contributed by atoms with Gasteiger partial charge in [-0.05, 0) is 48.6 Å². The van der Waals surface area contributed by atoms with Gasteiger partial charge in [0, 0.05) is 23.6 Å². The van der Waals surface area contributed by atoms with Crippen molar-refractivity contribution in [3.63, 3.8) is 0 Å². The second kappa shape index (κ2) is 7.55. The average molecular weight is 430 g/mol. The van der Waals surface area contributed by atoms with Gasteiger partial charge in [-0.15, -0.1) is 0 Å². The van der Waals surface area contributed by atoms with Crippen LogP contribution in [0.4, 0.5) is 5.82 Å². The first-order chi connectivity index (χ1) is 15.4. The van der Waals surface area contributed by atoms with Gasteiger partial charge in [0.1, 0.15) is 11.6 Å². The van der Waals surface area contributed by atoms with Crippen LogP contribution in [-0.2, 0) is 4.79 Å². The van der Waals surface area contributed by atoms with Crippen molar-refractivity contribution in [2.75, 3.05) is 11.9 Å². The molecule has 0 bridgehead atoms. The maximum Gasteiger partial charge on any atom is 0.277 e. The molecule has 1 aromatic heterocycles. The Morgan fingerprint density at radius 2 is 1.75 bits per heavy atom. The fraction of sp³-hybridized carbons (Fsp3) is 0.308. The van der Waals surface area contributed by atoms with Crippen LogP contribution < -0.4 is 15.6 Å². The number of Topliss-reactive ketones (excluding diaryl/α,β-unsaturated/α-hetero) is 1. The van der Waals surface area contributed by atoms with Gasteiger partial charge in [0.15, 0.2) is 5.78 Å². The Labute approximate surface area is 186 Å². The van der Waals surface area contributed by atoms with Crippen molar-refractivity contribution < 1.29 is 9.53 Å². The van der Waals surface area contributed by atoms with Crippen molar-refractivity contribution in [3.8, 4) is 11.4 Å². The van der Waals surface area contributed by atoms with E-state index >= 15 is 0 Å². The number of anilines is 1. The molecule has 0 saturated carbocycles. The van der Waals surface area contributed by atoms with Crippen molar-refractivity contribution in [2.45, 2.75) is 39.5 Å². The zero-order valence-electron chi connectivity index (χ0n) is 18.6. The van der Waals surface area contributed by atoms with E-state index in [4.69, 9.17) is 4.74 Å². The lowest BCUT2D eigenvalue weighted by Crippen LogP contribution is -2.35. The van der Waals surface area contributed by atoms with Gasteiger partial charge in [0.05, 0.1) is 17.9 Å². The molecule has 2 aliphatic rings. The van der Waals surface area contributed by atoms with Gasteiger partial charge in [-0.25, -0.2) is 4.68 Å². The van der Waals surface area contributed by atoms with Gasteiger partial charge >= 0.3 is 0 Å². The molecule has 0 fully saturated rings. The van der Waals surface area contributed by atoms with Crippen molar-refractivity contribution in [3.05, 3.63) is 87.3 Å². The Balaban J connectivity index is 1.70. The number of para-hydroxylation sites is 1. The van der Waals surface area contributed by atoms with Crippen LogP contribution in [0.25, 0.3) is 5.69 Å². The summed E-state index contributed by atoms with van der Waals surface area (Å²) in [4.78, 5) is 27.0. The summed E-state index contributed by atoms with van der Waals surface area (Å²) < 4.78 is 7.14. The summed E-state index contributed by atoms with van der Waals surface area (Å²) in [6.45, 7) is 6.74. The van der Waals surface area contributed by atoms with Gasteiger partial charge in [0.25, 0.3) is 5.56 Å². The quantitative estimate of drug-likeness (QED) is 0.627. The summed E-state index contributed by atoms with van der Waals surface area (Å²) in [5, 5.41) is 6.65. The lowest BCUT2D eigenvalue weighted by molar-refractivity contribution is -0.118. The Kier molecular flexibility index (Phi) is 4.81. The van der Waals surface area contributed by atoms with Crippen LogP contribution in [0.3, 0.4) is 0 Å². The molecule has 2 N–H and O–H groups in total. The molecule has 164 valence electrons. The third-order valence-electron chi connectivity index (χ3n) is 6.24. The van der Waals surface area contributed by atoms with E-state index in [0.29, 0.717) is 30.0 Å². The summed E-state index contributed by atoms with van der Waals surface area (Å²) in [5.74, 6) is 1.10. The summed E-state index contributed by atoms with van der Waals surface area (Å²) in [5.41, 5.74) is 3.56. The maximum atomic E-state index is 13.6. The molecule has 0 saturated heterocycles. The molecular formula is C26H27N3O3. The maximum absolute atomic E-state index is 13.6. The molecule has 6 heteroatoms. The largest absolute Gasteiger partial charge is 0.494 e. The molecule has 1 aliphatic heterocycles. The molecule has 1 atom stereocenters. The highest BCUT2D eigenvalue weighted by Crippen LogP contribution is 2.47. The summed E-state index contributed by atoms with van der Waals surface area (Å²) in [6.07, 6.45) is 1.22. The number of hydrogen-bond donors (Lipinski definition) is 2. The van der Waals surface area contributed by atoms with Gasteiger partial charge in [0.2, 0.25) is 0 Å². The van der Waals surface area contributed by atoms with Gasteiger partial charge in [-0.3, -0.25) is 14.7 Å². The predicted molar refractivity (Wildman–Crippen MR) is 125 cm³/mol. The number of ketones is 1. The molecular weight excluding hydrogens is 402 g/mol. The first-order valence-corrected chi connectivity index (χ1v) is 11.0. The highest BCUT2D eigenvalue weighted by Gasteiger charge is 2.42. The van der Waals surface area contributed by atoms with Crippen LogP contribution in [0.2, 0.25) is 0 Å². The number of fused-ring (bicyclic) bond motifs is 1. The number of aromatic nitrogens is 2. The van der Waals surface area contributed by atoms with E-state index in [1.165, 1.54) is 0 Å². The number of hydrogen-bond acceptors (Lipinski definition) is 4. The minimum atomic E-state index is -0.422. The molecule has 6 nitrogen and oxygen atoms in total. The fourth-order valence-electron chi connectivity index (χ4n) is 4.91. The highest BCUT2D eigenvalue weighted by molar-refractivity contribution is 6.01. The van der Waals surface area contributed by atoms with E-state index in [2.05, 4.69) is 24.3 Å². The first kappa shape index (κ1) is 20.4. The molecule has 2 heterocycles. The third-order valence-corrected chi connectivity index (χ3v) is 6.24. The average Bonchev–Trinajstić information content (AvgIpc) is 3.09. The molecule has 1 unspecified atom stereocenters. The Morgan fingerprint density at radius 3 is 2.44 bits per heavy atom. The minimum Gasteiger partial charge on any atom is -0.494 e. The molecule has 3 aromatic rings. The van der Waals surface area contributed by atoms with Crippen molar-refractivity contribution in [1.82, 2.24) is 9.78 Å². The number of allylic oxidation sites excluding steroid dienone is 2. The fourth-order valence-corrected chi connectivity index (χ4v) is 4.91. The molecule has 1 aliphatic carbocycles. The van der Waals surface area contributed by atoms with Crippen molar-refractivity contribution in [2.24, 2.45) is 5.41 Å². The van der Waals surface area contributed by atoms with E-state index in [1.807, 2.05) is 61.5 Å². The van der Waals surface area contributed by atoms with Gasteiger partial charge < -0.3 is 10.1 Å². The molecule has 0 amide bonds.